The second-order valence-electron chi connectivity index (χ2n) is 5.54. The van der Waals surface area contributed by atoms with Crippen LogP contribution < -0.4 is 10.8 Å². The first-order chi connectivity index (χ1) is 11.6. The number of benzene rings is 2. The van der Waals surface area contributed by atoms with Crippen molar-refractivity contribution in [2.24, 2.45) is 0 Å². The summed E-state index contributed by atoms with van der Waals surface area (Å²) in [5.41, 5.74) is 3.66. The summed E-state index contributed by atoms with van der Waals surface area (Å²) in [6, 6.07) is 17.2. The average molecular weight is 346 g/mol. The van der Waals surface area contributed by atoms with Crippen molar-refractivity contribution in [2.75, 3.05) is 19.7 Å². The zero-order valence-electron chi connectivity index (χ0n) is 13.1. The second kappa shape index (κ2) is 7.28. The molecule has 126 valence electrons. The highest BCUT2D eigenvalue weighted by atomic mass is 31.2. The third kappa shape index (κ3) is 3.42. The lowest BCUT2D eigenvalue weighted by Crippen LogP contribution is -2.40. The van der Waals surface area contributed by atoms with Gasteiger partial charge in [-0.05, 0) is 29.7 Å². The van der Waals surface area contributed by atoms with Gasteiger partial charge in [0.25, 0.3) is 5.91 Å². The van der Waals surface area contributed by atoms with Crippen LogP contribution in [0, 0.1) is 0 Å². The Labute approximate surface area is 140 Å². The Hall–Kier alpha value is -1.98. The Balaban J connectivity index is 1.88. The fourth-order valence-electron chi connectivity index (χ4n) is 2.73. The van der Waals surface area contributed by atoms with Gasteiger partial charge in [0, 0.05) is 6.54 Å². The molecule has 0 saturated carbocycles. The minimum atomic E-state index is -3.29. The molecule has 2 aromatic carbocycles. The maximum absolute atomic E-state index is 13.3. The first-order valence-electron chi connectivity index (χ1n) is 7.72. The number of hydrogen-bond acceptors (Lipinski definition) is 4. The van der Waals surface area contributed by atoms with E-state index < -0.39 is 13.4 Å². The molecule has 1 aliphatic heterocycles. The molecule has 0 spiro atoms. The Morgan fingerprint density at radius 1 is 1.12 bits per heavy atom. The van der Waals surface area contributed by atoms with Crippen LogP contribution >= 0.6 is 7.52 Å². The summed E-state index contributed by atoms with van der Waals surface area (Å²) >= 11 is 0. The molecule has 0 radical (unpaired) electrons. The van der Waals surface area contributed by atoms with E-state index in [0.29, 0.717) is 24.9 Å². The van der Waals surface area contributed by atoms with E-state index in [4.69, 9.17) is 9.73 Å². The van der Waals surface area contributed by atoms with Crippen LogP contribution in [0.3, 0.4) is 0 Å². The normalized spacial score (nSPS) is 21.4. The molecule has 1 fully saturated rings. The Kier molecular flexibility index (Phi) is 5.11. The summed E-state index contributed by atoms with van der Waals surface area (Å²) in [7, 11) is -3.29. The minimum Gasteiger partial charge on any atom is -0.314 e. The maximum Gasteiger partial charge on any atom is 0.302 e. The number of hydrogen-bond donors (Lipinski definition) is 2. The average Bonchev–Trinajstić information content (AvgIpc) is 2.64. The van der Waals surface area contributed by atoms with E-state index in [1.165, 1.54) is 4.67 Å². The van der Waals surface area contributed by atoms with Crippen LogP contribution in [-0.4, -0.2) is 35.5 Å². The van der Waals surface area contributed by atoms with Gasteiger partial charge in [0.1, 0.15) is 0 Å². The molecule has 1 aliphatic rings. The molecule has 1 amide bonds. The van der Waals surface area contributed by atoms with Gasteiger partial charge >= 0.3 is 7.52 Å². The molecular weight excluding hydrogens is 327 g/mol. The van der Waals surface area contributed by atoms with E-state index in [-0.39, 0.29) is 6.54 Å². The Bertz CT molecular complexity index is 749. The van der Waals surface area contributed by atoms with Gasteiger partial charge in [0.15, 0.2) is 0 Å². The molecule has 7 heteroatoms. The molecule has 0 bridgehead atoms. The first kappa shape index (κ1) is 16.9. The molecule has 2 N–H and O–H groups in total. The van der Waals surface area contributed by atoms with Crippen molar-refractivity contribution in [1.29, 1.82) is 0 Å². The zero-order valence-corrected chi connectivity index (χ0v) is 14.0. The van der Waals surface area contributed by atoms with E-state index in [2.05, 4.69) is 0 Å². The van der Waals surface area contributed by atoms with Crippen LogP contribution in [0.5, 0.6) is 0 Å². The number of nitrogens with one attached hydrogen (secondary N) is 1. The molecule has 0 aromatic heterocycles. The molecule has 1 atom stereocenters. The predicted molar refractivity (Wildman–Crippen MR) is 91.2 cm³/mol. The van der Waals surface area contributed by atoms with Crippen LogP contribution in [0.25, 0.3) is 11.1 Å². The summed E-state index contributed by atoms with van der Waals surface area (Å²) in [4.78, 5) is 11.5. The van der Waals surface area contributed by atoms with Crippen LogP contribution in [0.4, 0.5) is 0 Å². The van der Waals surface area contributed by atoms with Gasteiger partial charge in [0.2, 0.25) is 0 Å². The molecule has 2 aromatic rings. The highest BCUT2D eigenvalue weighted by molar-refractivity contribution is 7.64. The number of amides is 1. The first-order valence-corrected chi connectivity index (χ1v) is 9.30. The molecule has 1 heterocycles. The SMILES string of the molecule is O=C(CN1CCCOP1(=O)c1ccc(-c2ccccc2)cc1)NO. The van der Waals surface area contributed by atoms with Gasteiger partial charge in [-0.1, -0.05) is 42.5 Å². The fraction of sp³-hybridized carbons (Fsp3) is 0.235. The third-order valence-corrected chi connectivity index (χ3v) is 6.52. The van der Waals surface area contributed by atoms with Gasteiger partial charge in [-0.25, -0.2) is 10.2 Å². The highest BCUT2D eigenvalue weighted by Crippen LogP contribution is 2.51. The second-order valence-corrected chi connectivity index (χ2v) is 7.92. The van der Waals surface area contributed by atoms with Crippen LogP contribution in [0.2, 0.25) is 0 Å². The Morgan fingerprint density at radius 2 is 1.79 bits per heavy atom. The van der Waals surface area contributed by atoms with Gasteiger partial charge in [-0.2, -0.15) is 0 Å². The van der Waals surface area contributed by atoms with E-state index in [1.54, 1.807) is 17.6 Å². The molecule has 3 rings (SSSR count). The zero-order chi connectivity index (χ0) is 17.0. The monoisotopic (exact) mass is 346 g/mol. The standard InChI is InChI=1S/C17H19N2O4P/c20-17(18-21)13-19-11-4-12-23-24(19,22)16-9-7-15(8-10-16)14-5-2-1-3-6-14/h1-3,5-10,21H,4,11-13H2,(H,18,20). The van der Waals surface area contributed by atoms with E-state index in [0.717, 1.165) is 11.1 Å². The molecule has 1 saturated heterocycles. The topological polar surface area (TPSA) is 78.9 Å². The molecule has 1 unspecified atom stereocenters. The summed E-state index contributed by atoms with van der Waals surface area (Å²) in [6.45, 7) is 0.689. The number of nitrogens with zero attached hydrogens (tertiary/aromatic N) is 1. The smallest absolute Gasteiger partial charge is 0.302 e. The minimum absolute atomic E-state index is 0.172. The quantitative estimate of drug-likeness (QED) is 0.505. The van der Waals surface area contributed by atoms with Crippen molar-refractivity contribution in [3.63, 3.8) is 0 Å². The number of carbonyl (C=O) groups is 1. The van der Waals surface area contributed by atoms with Crippen LogP contribution in [0.15, 0.2) is 54.6 Å². The number of carbonyl (C=O) groups excluding carboxylic acids is 1. The summed E-state index contributed by atoms with van der Waals surface area (Å²) in [6.07, 6.45) is 0.685. The summed E-state index contributed by atoms with van der Waals surface area (Å²) in [5, 5.41) is 9.26. The fourth-order valence-corrected chi connectivity index (χ4v) is 4.99. The van der Waals surface area contributed by atoms with Gasteiger partial charge in [-0.15, -0.1) is 0 Å². The van der Waals surface area contributed by atoms with Crippen molar-refractivity contribution in [3.05, 3.63) is 54.6 Å². The molecule has 24 heavy (non-hydrogen) atoms. The largest absolute Gasteiger partial charge is 0.314 e. The van der Waals surface area contributed by atoms with E-state index >= 15 is 0 Å². The van der Waals surface area contributed by atoms with Gasteiger partial charge in [-0.3, -0.25) is 14.6 Å². The Morgan fingerprint density at radius 3 is 2.46 bits per heavy atom. The summed E-state index contributed by atoms with van der Waals surface area (Å²) < 4.78 is 20.4. The van der Waals surface area contributed by atoms with Crippen LogP contribution in [0.1, 0.15) is 6.42 Å². The van der Waals surface area contributed by atoms with Gasteiger partial charge in [0.05, 0.1) is 18.5 Å². The van der Waals surface area contributed by atoms with Crippen molar-refractivity contribution in [3.8, 4) is 11.1 Å². The lowest BCUT2D eigenvalue weighted by molar-refractivity contribution is -0.129. The highest BCUT2D eigenvalue weighted by Gasteiger charge is 2.37. The van der Waals surface area contributed by atoms with Gasteiger partial charge < -0.3 is 4.52 Å². The predicted octanol–water partition coefficient (Wildman–Crippen LogP) is 2.40. The van der Waals surface area contributed by atoms with Crippen molar-refractivity contribution >= 4 is 18.7 Å². The molecular formula is C17H19N2O4P. The molecule has 6 nitrogen and oxygen atoms in total. The number of rotatable bonds is 4. The maximum atomic E-state index is 13.3. The van der Waals surface area contributed by atoms with E-state index in [9.17, 15) is 9.36 Å². The lowest BCUT2D eigenvalue weighted by atomic mass is 10.1. The van der Waals surface area contributed by atoms with E-state index in [1.807, 2.05) is 42.5 Å². The molecule has 0 aliphatic carbocycles. The number of hydroxylamine groups is 1. The van der Waals surface area contributed by atoms with Crippen LogP contribution in [-0.2, 0) is 13.9 Å². The van der Waals surface area contributed by atoms with Crippen molar-refractivity contribution in [2.45, 2.75) is 6.42 Å². The summed E-state index contributed by atoms with van der Waals surface area (Å²) in [5.74, 6) is -0.610. The van der Waals surface area contributed by atoms with Crippen molar-refractivity contribution < 1.29 is 19.1 Å². The van der Waals surface area contributed by atoms with Crippen molar-refractivity contribution in [1.82, 2.24) is 10.2 Å². The lowest BCUT2D eigenvalue weighted by Gasteiger charge is -2.34. The third-order valence-electron chi connectivity index (χ3n) is 3.95.